The van der Waals surface area contributed by atoms with Crippen LogP contribution in [0.2, 0.25) is 0 Å². The number of carbonyl (C=O) groups is 2. The van der Waals surface area contributed by atoms with Gasteiger partial charge in [-0.3, -0.25) is 9.59 Å². The summed E-state index contributed by atoms with van der Waals surface area (Å²) >= 11 is 1.57. The van der Waals surface area contributed by atoms with E-state index >= 15 is 0 Å². The molecule has 7 heteroatoms. The summed E-state index contributed by atoms with van der Waals surface area (Å²) in [5.41, 5.74) is 3.85. The van der Waals surface area contributed by atoms with E-state index in [0.29, 0.717) is 29.7 Å². The van der Waals surface area contributed by atoms with Crippen molar-refractivity contribution in [1.29, 1.82) is 0 Å². The van der Waals surface area contributed by atoms with Gasteiger partial charge in [-0.1, -0.05) is 12.1 Å². The molecule has 1 unspecified atom stereocenters. The van der Waals surface area contributed by atoms with E-state index in [4.69, 9.17) is 9.47 Å². The second-order valence-electron chi connectivity index (χ2n) is 7.29. The van der Waals surface area contributed by atoms with Crippen LogP contribution in [-0.4, -0.2) is 48.1 Å². The van der Waals surface area contributed by atoms with Crippen molar-refractivity contribution in [3.63, 3.8) is 0 Å². The third kappa shape index (κ3) is 5.61. The molecule has 31 heavy (non-hydrogen) atoms. The van der Waals surface area contributed by atoms with Crippen LogP contribution in [0.5, 0.6) is 11.5 Å². The van der Waals surface area contributed by atoms with Crippen LogP contribution in [0.1, 0.15) is 23.6 Å². The first-order chi connectivity index (χ1) is 14.9. The van der Waals surface area contributed by atoms with Crippen molar-refractivity contribution in [2.75, 3.05) is 30.7 Å². The number of nitrogens with one attached hydrogen (secondary N) is 1. The highest BCUT2D eigenvalue weighted by Gasteiger charge is 2.33. The Morgan fingerprint density at radius 2 is 1.97 bits per heavy atom. The van der Waals surface area contributed by atoms with Crippen molar-refractivity contribution >= 4 is 35.3 Å². The molecular weight excluding hydrogens is 412 g/mol. The van der Waals surface area contributed by atoms with Crippen molar-refractivity contribution in [2.24, 2.45) is 0 Å². The first-order valence-electron chi connectivity index (χ1n) is 10.2. The number of methoxy groups -OCH3 is 1. The maximum absolute atomic E-state index is 12.8. The molecule has 1 heterocycles. The largest absolute Gasteiger partial charge is 0.493 e. The van der Waals surface area contributed by atoms with Gasteiger partial charge in [-0.2, -0.15) is 0 Å². The highest BCUT2D eigenvalue weighted by atomic mass is 32.2. The number of rotatable bonds is 7. The molecule has 6 nitrogen and oxygen atoms in total. The molecule has 2 aromatic rings. The fourth-order valence-corrected chi connectivity index (χ4v) is 4.41. The number of anilines is 1. The Hall–Kier alpha value is -2.93. The van der Waals surface area contributed by atoms with Crippen LogP contribution < -0.4 is 14.8 Å². The number of amides is 2. The maximum Gasteiger partial charge on any atom is 0.248 e. The molecule has 0 saturated carbocycles. The lowest BCUT2D eigenvalue weighted by Crippen LogP contribution is -2.43. The highest BCUT2D eigenvalue weighted by molar-refractivity contribution is 7.99. The molecular formula is C24H28N2O4S. The summed E-state index contributed by atoms with van der Waals surface area (Å²) in [5, 5.41) is 2.94. The molecule has 0 spiro atoms. The summed E-state index contributed by atoms with van der Waals surface area (Å²) in [5.74, 6) is 1.97. The van der Waals surface area contributed by atoms with Crippen molar-refractivity contribution in [3.8, 4) is 11.5 Å². The number of thioether (sulfide) groups is 1. The lowest BCUT2D eigenvalue weighted by molar-refractivity contribution is -0.132. The number of ether oxygens (including phenoxy) is 2. The minimum Gasteiger partial charge on any atom is -0.493 e. The van der Waals surface area contributed by atoms with Crippen molar-refractivity contribution in [3.05, 3.63) is 59.2 Å². The van der Waals surface area contributed by atoms with Crippen LogP contribution in [0.3, 0.4) is 0 Å². The van der Waals surface area contributed by atoms with Gasteiger partial charge in [0.25, 0.3) is 0 Å². The minimum absolute atomic E-state index is 0.168. The predicted molar refractivity (Wildman–Crippen MR) is 126 cm³/mol. The lowest BCUT2D eigenvalue weighted by atomic mass is 10.1. The third-order valence-electron chi connectivity index (χ3n) is 5.15. The summed E-state index contributed by atoms with van der Waals surface area (Å²) in [7, 11) is 1.59. The van der Waals surface area contributed by atoms with Gasteiger partial charge >= 0.3 is 0 Å². The van der Waals surface area contributed by atoms with Crippen LogP contribution in [0.15, 0.2) is 42.5 Å². The zero-order valence-electron chi connectivity index (χ0n) is 18.3. The van der Waals surface area contributed by atoms with Crippen molar-refractivity contribution in [2.45, 2.75) is 26.8 Å². The average molecular weight is 441 g/mol. The molecule has 1 N–H and O–H groups in total. The fraction of sp³-hybridized carbons (Fsp3) is 0.333. The van der Waals surface area contributed by atoms with E-state index in [1.54, 1.807) is 35.9 Å². The summed E-state index contributed by atoms with van der Waals surface area (Å²) in [6.07, 6.45) is 3.23. The first-order valence-corrected chi connectivity index (χ1v) is 11.3. The third-order valence-corrected chi connectivity index (χ3v) is 6.16. The molecule has 0 radical (unpaired) electrons. The Morgan fingerprint density at radius 3 is 2.68 bits per heavy atom. The Labute approximate surface area is 187 Å². The van der Waals surface area contributed by atoms with E-state index in [1.165, 1.54) is 11.6 Å². The van der Waals surface area contributed by atoms with Gasteiger partial charge in [0, 0.05) is 17.5 Å². The highest BCUT2D eigenvalue weighted by Crippen LogP contribution is 2.29. The molecule has 1 fully saturated rings. The summed E-state index contributed by atoms with van der Waals surface area (Å²) < 4.78 is 10.9. The lowest BCUT2D eigenvalue weighted by Gasteiger charge is -2.22. The number of carbonyl (C=O) groups excluding carboxylic acids is 2. The quantitative estimate of drug-likeness (QED) is 0.652. The smallest absolute Gasteiger partial charge is 0.248 e. The van der Waals surface area contributed by atoms with E-state index in [2.05, 4.69) is 5.32 Å². The molecule has 164 valence electrons. The van der Waals surface area contributed by atoms with Gasteiger partial charge in [0.2, 0.25) is 11.8 Å². The predicted octanol–water partition coefficient (Wildman–Crippen LogP) is 4.26. The van der Waals surface area contributed by atoms with Gasteiger partial charge in [0.15, 0.2) is 11.5 Å². The first kappa shape index (κ1) is 22.7. The van der Waals surface area contributed by atoms with Gasteiger partial charge in [-0.05, 0) is 67.8 Å². The molecule has 3 rings (SSSR count). The molecule has 1 atom stereocenters. The molecule has 1 saturated heterocycles. The molecule has 1 aliphatic heterocycles. The zero-order chi connectivity index (χ0) is 22.4. The summed E-state index contributed by atoms with van der Waals surface area (Å²) in [6, 6.07) is 10.8. The van der Waals surface area contributed by atoms with Crippen LogP contribution >= 0.6 is 11.8 Å². The molecule has 0 aromatic heterocycles. The fourth-order valence-electron chi connectivity index (χ4n) is 3.25. The number of benzene rings is 2. The SMILES string of the molecule is CCOc1cc(/C=C/C(=O)N2CSCC2C(=O)Nc2ccc(C)c(C)c2)ccc1OC. The monoisotopic (exact) mass is 440 g/mol. The standard InChI is InChI=1S/C24H28N2O4S/c1-5-30-22-13-18(7-10-21(22)29-4)8-11-23(27)26-15-31-14-20(26)24(28)25-19-9-6-16(2)17(3)12-19/h6-13,20H,5,14-15H2,1-4H3,(H,25,28)/b11-8+. The Kier molecular flexibility index (Phi) is 7.63. The molecule has 2 amide bonds. The van der Waals surface area contributed by atoms with E-state index in [0.717, 1.165) is 16.8 Å². The number of hydrogen-bond acceptors (Lipinski definition) is 5. The second-order valence-corrected chi connectivity index (χ2v) is 8.29. The minimum atomic E-state index is -0.501. The molecule has 1 aliphatic rings. The van der Waals surface area contributed by atoms with E-state index < -0.39 is 6.04 Å². The van der Waals surface area contributed by atoms with Crippen LogP contribution in [0, 0.1) is 13.8 Å². The summed E-state index contributed by atoms with van der Waals surface area (Å²) in [4.78, 5) is 27.2. The van der Waals surface area contributed by atoms with Gasteiger partial charge in [-0.15, -0.1) is 11.8 Å². The van der Waals surface area contributed by atoms with Gasteiger partial charge in [0.05, 0.1) is 19.6 Å². The second kappa shape index (κ2) is 10.4. The number of nitrogens with zero attached hydrogens (tertiary/aromatic N) is 1. The van der Waals surface area contributed by atoms with Gasteiger partial charge in [-0.25, -0.2) is 0 Å². The molecule has 2 aromatic carbocycles. The zero-order valence-corrected chi connectivity index (χ0v) is 19.1. The van der Waals surface area contributed by atoms with Crippen LogP contribution in [0.25, 0.3) is 6.08 Å². The van der Waals surface area contributed by atoms with E-state index in [1.807, 2.05) is 51.1 Å². The Morgan fingerprint density at radius 1 is 1.16 bits per heavy atom. The van der Waals surface area contributed by atoms with Crippen molar-refractivity contribution < 1.29 is 19.1 Å². The van der Waals surface area contributed by atoms with Crippen molar-refractivity contribution in [1.82, 2.24) is 4.90 Å². The average Bonchev–Trinajstić information content (AvgIpc) is 3.25. The topological polar surface area (TPSA) is 67.9 Å². The Bertz CT molecular complexity index is 990. The summed E-state index contributed by atoms with van der Waals surface area (Å²) in [6.45, 7) is 6.46. The number of hydrogen-bond donors (Lipinski definition) is 1. The van der Waals surface area contributed by atoms with Gasteiger partial charge in [0.1, 0.15) is 6.04 Å². The molecule has 0 aliphatic carbocycles. The maximum atomic E-state index is 12.8. The van der Waals surface area contributed by atoms with E-state index in [9.17, 15) is 9.59 Å². The molecule has 0 bridgehead atoms. The van der Waals surface area contributed by atoms with Crippen LogP contribution in [-0.2, 0) is 9.59 Å². The normalized spacial score (nSPS) is 15.9. The van der Waals surface area contributed by atoms with Crippen LogP contribution in [0.4, 0.5) is 5.69 Å². The van der Waals surface area contributed by atoms with Gasteiger partial charge < -0.3 is 19.7 Å². The Balaban J connectivity index is 1.68. The van der Waals surface area contributed by atoms with E-state index in [-0.39, 0.29) is 11.8 Å². The number of aryl methyl sites for hydroxylation is 2.